The lowest BCUT2D eigenvalue weighted by atomic mass is 10.1. The first-order chi connectivity index (χ1) is 7.68. The summed E-state index contributed by atoms with van der Waals surface area (Å²) in [4.78, 5) is 11.8. The first-order valence-corrected chi connectivity index (χ1v) is 5.32. The van der Waals surface area contributed by atoms with Gasteiger partial charge in [-0.05, 0) is 6.42 Å². The summed E-state index contributed by atoms with van der Waals surface area (Å²) in [6.45, 7) is 2.14. The predicted octanol–water partition coefficient (Wildman–Crippen LogP) is -0.231. The highest BCUT2D eigenvalue weighted by atomic mass is 16.5. The average Bonchev–Trinajstić information content (AvgIpc) is 2.88. The molecule has 0 aliphatic carbocycles. The lowest BCUT2D eigenvalue weighted by molar-refractivity contribution is 0.0946. The van der Waals surface area contributed by atoms with Crippen LogP contribution in [0.5, 0.6) is 0 Å². The third-order valence-electron chi connectivity index (χ3n) is 2.80. The van der Waals surface area contributed by atoms with Gasteiger partial charge in [-0.2, -0.15) is 5.10 Å². The van der Waals surface area contributed by atoms with E-state index in [1.807, 2.05) is 0 Å². The molecule has 1 aliphatic rings. The standard InChI is InChI=1S/C10H16N4O2/c1-14-9(11)8(5-13-14)10(15)12-4-7-2-3-16-6-7/h5,7H,2-4,6,11H2,1H3,(H,12,15). The Bertz CT molecular complexity index is 382. The van der Waals surface area contributed by atoms with Crippen LogP contribution in [0.25, 0.3) is 0 Å². The Morgan fingerprint density at radius 1 is 1.81 bits per heavy atom. The fourth-order valence-electron chi connectivity index (χ4n) is 1.70. The number of rotatable bonds is 3. The van der Waals surface area contributed by atoms with Gasteiger partial charge in [-0.25, -0.2) is 0 Å². The Labute approximate surface area is 93.8 Å². The Balaban J connectivity index is 1.90. The van der Waals surface area contributed by atoms with Crippen LogP contribution >= 0.6 is 0 Å². The fraction of sp³-hybridized carbons (Fsp3) is 0.600. The number of hydrogen-bond donors (Lipinski definition) is 2. The molecule has 6 nitrogen and oxygen atoms in total. The molecule has 0 aromatic carbocycles. The number of aryl methyl sites for hydroxylation is 1. The average molecular weight is 224 g/mol. The Hall–Kier alpha value is -1.56. The van der Waals surface area contributed by atoms with Gasteiger partial charge in [0.15, 0.2) is 0 Å². The molecule has 2 heterocycles. The summed E-state index contributed by atoms with van der Waals surface area (Å²) in [5, 5.41) is 6.77. The van der Waals surface area contributed by atoms with Gasteiger partial charge in [0.25, 0.3) is 5.91 Å². The minimum Gasteiger partial charge on any atom is -0.383 e. The summed E-state index contributed by atoms with van der Waals surface area (Å²) in [5.41, 5.74) is 6.13. The molecular weight excluding hydrogens is 208 g/mol. The number of ether oxygens (including phenoxy) is 1. The minimum absolute atomic E-state index is 0.169. The molecule has 6 heteroatoms. The van der Waals surface area contributed by atoms with Gasteiger partial charge in [0.2, 0.25) is 0 Å². The van der Waals surface area contributed by atoms with Crippen molar-refractivity contribution in [1.82, 2.24) is 15.1 Å². The zero-order valence-electron chi connectivity index (χ0n) is 9.27. The van der Waals surface area contributed by atoms with Crippen molar-refractivity contribution in [2.75, 3.05) is 25.5 Å². The van der Waals surface area contributed by atoms with E-state index in [-0.39, 0.29) is 5.91 Å². The molecule has 2 rings (SSSR count). The van der Waals surface area contributed by atoms with Gasteiger partial charge >= 0.3 is 0 Å². The monoisotopic (exact) mass is 224 g/mol. The number of amides is 1. The van der Waals surface area contributed by atoms with Gasteiger partial charge in [-0.3, -0.25) is 9.48 Å². The first kappa shape index (κ1) is 10.9. The number of anilines is 1. The van der Waals surface area contributed by atoms with Crippen molar-refractivity contribution in [3.63, 3.8) is 0 Å². The van der Waals surface area contributed by atoms with Gasteiger partial charge in [0.1, 0.15) is 11.4 Å². The normalized spacial score (nSPS) is 19.9. The maximum Gasteiger partial charge on any atom is 0.256 e. The van der Waals surface area contributed by atoms with Crippen LogP contribution < -0.4 is 11.1 Å². The number of nitrogens with zero attached hydrogens (tertiary/aromatic N) is 2. The summed E-state index contributed by atoms with van der Waals surface area (Å²) in [6.07, 6.45) is 2.48. The molecule has 1 aromatic heterocycles. The van der Waals surface area contributed by atoms with Gasteiger partial charge in [0.05, 0.1) is 12.8 Å². The second-order valence-electron chi connectivity index (χ2n) is 4.01. The maximum atomic E-state index is 11.8. The quantitative estimate of drug-likeness (QED) is 0.743. The van der Waals surface area contributed by atoms with Crippen LogP contribution in [0.3, 0.4) is 0 Å². The molecule has 1 aromatic rings. The maximum absolute atomic E-state index is 11.8. The SMILES string of the molecule is Cn1ncc(C(=O)NCC2CCOC2)c1N. The number of carbonyl (C=O) groups excluding carboxylic acids is 1. The first-order valence-electron chi connectivity index (χ1n) is 5.32. The van der Waals surface area contributed by atoms with Crippen molar-refractivity contribution in [2.24, 2.45) is 13.0 Å². The lowest BCUT2D eigenvalue weighted by Crippen LogP contribution is -2.29. The molecule has 16 heavy (non-hydrogen) atoms. The van der Waals surface area contributed by atoms with E-state index >= 15 is 0 Å². The van der Waals surface area contributed by atoms with Crippen LogP contribution in [0.4, 0.5) is 5.82 Å². The van der Waals surface area contributed by atoms with Gasteiger partial charge < -0.3 is 15.8 Å². The molecule has 3 N–H and O–H groups in total. The number of nitrogens with two attached hydrogens (primary N) is 1. The third kappa shape index (κ3) is 2.16. The molecule has 1 amide bonds. The van der Waals surface area contributed by atoms with Crippen molar-refractivity contribution in [3.8, 4) is 0 Å². The number of nitrogens with one attached hydrogen (secondary N) is 1. The van der Waals surface area contributed by atoms with E-state index in [0.717, 1.165) is 19.6 Å². The van der Waals surface area contributed by atoms with Crippen LogP contribution in [0.2, 0.25) is 0 Å². The Morgan fingerprint density at radius 3 is 3.19 bits per heavy atom. The van der Waals surface area contributed by atoms with E-state index in [9.17, 15) is 4.79 Å². The summed E-state index contributed by atoms with van der Waals surface area (Å²) in [6, 6.07) is 0. The summed E-state index contributed by atoms with van der Waals surface area (Å²) >= 11 is 0. The van der Waals surface area contributed by atoms with Gasteiger partial charge in [0, 0.05) is 26.1 Å². The highest BCUT2D eigenvalue weighted by Gasteiger charge is 2.18. The fourth-order valence-corrected chi connectivity index (χ4v) is 1.70. The second kappa shape index (κ2) is 4.52. The van der Waals surface area contributed by atoms with Crippen LogP contribution in [-0.2, 0) is 11.8 Å². The van der Waals surface area contributed by atoms with E-state index in [1.165, 1.54) is 10.9 Å². The molecule has 1 aliphatic heterocycles. The molecule has 88 valence electrons. The van der Waals surface area contributed by atoms with Crippen LogP contribution in [0.15, 0.2) is 6.20 Å². The minimum atomic E-state index is -0.169. The largest absolute Gasteiger partial charge is 0.383 e. The highest BCUT2D eigenvalue weighted by Crippen LogP contribution is 2.12. The Morgan fingerprint density at radius 2 is 2.62 bits per heavy atom. The number of aromatic nitrogens is 2. The molecule has 0 spiro atoms. The number of carbonyl (C=O) groups is 1. The second-order valence-corrected chi connectivity index (χ2v) is 4.01. The molecule has 0 radical (unpaired) electrons. The van der Waals surface area contributed by atoms with E-state index < -0.39 is 0 Å². The van der Waals surface area contributed by atoms with Crippen molar-refractivity contribution in [2.45, 2.75) is 6.42 Å². The van der Waals surface area contributed by atoms with Crippen molar-refractivity contribution < 1.29 is 9.53 Å². The highest BCUT2D eigenvalue weighted by molar-refractivity contribution is 5.98. The predicted molar refractivity (Wildman–Crippen MR) is 58.9 cm³/mol. The number of hydrogen-bond acceptors (Lipinski definition) is 4. The summed E-state index contributed by atoms with van der Waals surface area (Å²) in [7, 11) is 1.71. The Kier molecular flexibility index (Phi) is 3.09. The number of nitrogen functional groups attached to an aromatic ring is 1. The molecular formula is C10H16N4O2. The third-order valence-corrected chi connectivity index (χ3v) is 2.80. The zero-order valence-corrected chi connectivity index (χ0v) is 9.27. The molecule has 1 fully saturated rings. The van der Waals surface area contributed by atoms with E-state index in [0.29, 0.717) is 23.8 Å². The molecule has 0 bridgehead atoms. The zero-order chi connectivity index (χ0) is 11.5. The van der Waals surface area contributed by atoms with Gasteiger partial charge in [-0.15, -0.1) is 0 Å². The topological polar surface area (TPSA) is 82.2 Å². The van der Waals surface area contributed by atoms with Crippen molar-refractivity contribution in [3.05, 3.63) is 11.8 Å². The molecule has 1 saturated heterocycles. The van der Waals surface area contributed by atoms with Crippen LogP contribution in [-0.4, -0.2) is 35.4 Å². The van der Waals surface area contributed by atoms with Crippen molar-refractivity contribution in [1.29, 1.82) is 0 Å². The van der Waals surface area contributed by atoms with Crippen LogP contribution in [0, 0.1) is 5.92 Å². The van der Waals surface area contributed by atoms with E-state index in [4.69, 9.17) is 10.5 Å². The smallest absolute Gasteiger partial charge is 0.256 e. The van der Waals surface area contributed by atoms with Gasteiger partial charge in [-0.1, -0.05) is 0 Å². The summed E-state index contributed by atoms with van der Waals surface area (Å²) in [5.74, 6) is 0.638. The van der Waals surface area contributed by atoms with E-state index in [2.05, 4.69) is 10.4 Å². The molecule has 1 unspecified atom stereocenters. The summed E-state index contributed by atoms with van der Waals surface area (Å²) < 4.78 is 6.71. The lowest BCUT2D eigenvalue weighted by Gasteiger charge is -2.08. The van der Waals surface area contributed by atoms with Crippen molar-refractivity contribution >= 4 is 11.7 Å². The molecule has 0 saturated carbocycles. The van der Waals surface area contributed by atoms with Crippen LogP contribution in [0.1, 0.15) is 16.8 Å². The molecule has 1 atom stereocenters. The van der Waals surface area contributed by atoms with E-state index in [1.54, 1.807) is 7.05 Å².